The van der Waals surface area contributed by atoms with Gasteiger partial charge in [-0.2, -0.15) is 0 Å². The molecule has 0 aliphatic carbocycles. The van der Waals surface area contributed by atoms with Gasteiger partial charge in [-0.05, 0) is 24.6 Å². The molecule has 1 aromatic rings. The predicted molar refractivity (Wildman–Crippen MR) is 68.9 cm³/mol. The average Bonchev–Trinajstić information content (AvgIpc) is 2.43. The zero-order valence-corrected chi connectivity index (χ0v) is 11.0. The molecular weight excluding hydrogens is 250 g/mol. The second-order valence-electron chi connectivity index (χ2n) is 3.77. The number of nitrogen functional groups attached to an aromatic ring is 1. The molecule has 6 nitrogen and oxygen atoms in total. The van der Waals surface area contributed by atoms with Gasteiger partial charge in [0.2, 0.25) is 0 Å². The van der Waals surface area contributed by atoms with Crippen molar-refractivity contribution in [3.05, 3.63) is 23.8 Å². The number of carbonyl (C=O) groups excluding carboxylic acids is 2. The first-order valence-corrected chi connectivity index (χ1v) is 5.76. The Morgan fingerprint density at radius 3 is 2.53 bits per heavy atom. The van der Waals surface area contributed by atoms with Gasteiger partial charge in [0.25, 0.3) is 0 Å². The standard InChI is InChI=1S/C13H17NO5/c1-17-12(15)4-3-7-19-11-6-5-9(8-10(11)14)13(16)18-2/h5-6,8H,3-4,7,14H2,1-2H3. The maximum Gasteiger partial charge on any atom is 0.337 e. The van der Waals surface area contributed by atoms with Crippen LogP contribution in [0.5, 0.6) is 5.75 Å². The first-order valence-electron chi connectivity index (χ1n) is 5.76. The van der Waals surface area contributed by atoms with E-state index in [1.807, 2.05) is 0 Å². The van der Waals surface area contributed by atoms with E-state index in [-0.39, 0.29) is 12.4 Å². The molecule has 2 N–H and O–H groups in total. The van der Waals surface area contributed by atoms with Crippen LogP contribution in [0.4, 0.5) is 5.69 Å². The Kier molecular flexibility index (Phi) is 5.66. The van der Waals surface area contributed by atoms with Crippen LogP contribution >= 0.6 is 0 Å². The van der Waals surface area contributed by atoms with Crippen LogP contribution in [0, 0.1) is 0 Å². The first-order chi connectivity index (χ1) is 9.08. The van der Waals surface area contributed by atoms with Gasteiger partial charge in [0.15, 0.2) is 0 Å². The van der Waals surface area contributed by atoms with Crippen LogP contribution in [-0.4, -0.2) is 32.8 Å². The minimum atomic E-state index is -0.455. The van der Waals surface area contributed by atoms with E-state index < -0.39 is 5.97 Å². The molecule has 0 aromatic heterocycles. The third-order valence-electron chi connectivity index (χ3n) is 2.44. The second kappa shape index (κ2) is 7.25. The van der Waals surface area contributed by atoms with Gasteiger partial charge in [-0.25, -0.2) is 4.79 Å². The molecule has 0 bridgehead atoms. The lowest BCUT2D eigenvalue weighted by molar-refractivity contribution is -0.140. The van der Waals surface area contributed by atoms with Crippen molar-refractivity contribution in [2.24, 2.45) is 0 Å². The van der Waals surface area contributed by atoms with Crippen molar-refractivity contribution in [2.75, 3.05) is 26.6 Å². The molecule has 0 heterocycles. The molecule has 0 aliphatic rings. The van der Waals surface area contributed by atoms with E-state index in [1.54, 1.807) is 12.1 Å². The molecule has 0 fully saturated rings. The largest absolute Gasteiger partial charge is 0.491 e. The predicted octanol–water partition coefficient (Wildman–Crippen LogP) is 1.39. The number of benzene rings is 1. The van der Waals surface area contributed by atoms with Crippen molar-refractivity contribution >= 4 is 17.6 Å². The monoisotopic (exact) mass is 267 g/mol. The van der Waals surface area contributed by atoms with Gasteiger partial charge in [0, 0.05) is 6.42 Å². The Morgan fingerprint density at radius 2 is 1.95 bits per heavy atom. The molecule has 0 spiro atoms. The number of hydrogen-bond acceptors (Lipinski definition) is 6. The maximum absolute atomic E-state index is 11.3. The zero-order chi connectivity index (χ0) is 14.3. The summed E-state index contributed by atoms with van der Waals surface area (Å²) in [6.45, 7) is 0.344. The Morgan fingerprint density at radius 1 is 1.21 bits per heavy atom. The molecule has 1 aromatic carbocycles. The molecule has 0 radical (unpaired) electrons. The number of esters is 2. The highest BCUT2D eigenvalue weighted by molar-refractivity contribution is 5.90. The van der Waals surface area contributed by atoms with Crippen molar-refractivity contribution in [1.29, 1.82) is 0 Å². The quantitative estimate of drug-likeness (QED) is 0.476. The Labute approximate surface area is 111 Å². The fourth-order valence-corrected chi connectivity index (χ4v) is 1.43. The highest BCUT2D eigenvalue weighted by Gasteiger charge is 2.09. The van der Waals surface area contributed by atoms with Crippen LogP contribution in [0.3, 0.4) is 0 Å². The lowest BCUT2D eigenvalue weighted by Crippen LogP contribution is -2.07. The van der Waals surface area contributed by atoms with Gasteiger partial charge in [-0.1, -0.05) is 0 Å². The van der Waals surface area contributed by atoms with Crippen LogP contribution in [0.15, 0.2) is 18.2 Å². The minimum absolute atomic E-state index is 0.280. The molecule has 104 valence electrons. The maximum atomic E-state index is 11.3. The van der Waals surface area contributed by atoms with Crippen LogP contribution in [-0.2, 0) is 14.3 Å². The van der Waals surface area contributed by atoms with Crippen molar-refractivity contribution in [1.82, 2.24) is 0 Å². The fourth-order valence-electron chi connectivity index (χ4n) is 1.43. The molecule has 1 rings (SSSR count). The number of carbonyl (C=O) groups is 2. The molecule has 0 saturated carbocycles. The lowest BCUT2D eigenvalue weighted by atomic mass is 10.2. The molecule has 0 amide bonds. The Balaban J connectivity index is 2.51. The van der Waals surface area contributed by atoms with E-state index in [0.29, 0.717) is 30.0 Å². The first kappa shape index (κ1) is 14.8. The Hall–Kier alpha value is -2.24. The summed E-state index contributed by atoms with van der Waals surface area (Å²) in [5.41, 5.74) is 6.47. The minimum Gasteiger partial charge on any atom is -0.491 e. The summed E-state index contributed by atoms with van der Waals surface area (Å²) in [6, 6.07) is 4.65. The van der Waals surface area contributed by atoms with E-state index in [0.717, 1.165) is 0 Å². The van der Waals surface area contributed by atoms with Gasteiger partial charge in [-0.15, -0.1) is 0 Å². The number of hydrogen-bond donors (Lipinski definition) is 1. The molecular formula is C13H17NO5. The van der Waals surface area contributed by atoms with Crippen molar-refractivity contribution in [2.45, 2.75) is 12.8 Å². The topological polar surface area (TPSA) is 87.8 Å². The number of ether oxygens (including phenoxy) is 3. The third-order valence-corrected chi connectivity index (χ3v) is 2.44. The average molecular weight is 267 g/mol. The third kappa shape index (κ3) is 4.50. The van der Waals surface area contributed by atoms with Crippen molar-refractivity contribution < 1.29 is 23.8 Å². The van der Waals surface area contributed by atoms with Gasteiger partial charge >= 0.3 is 11.9 Å². The van der Waals surface area contributed by atoms with E-state index in [2.05, 4.69) is 9.47 Å². The number of nitrogens with two attached hydrogens (primary N) is 1. The summed E-state index contributed by atoms with van der Waals surface area (Å²) in [6.07, 6.45) is 0.821. The molecule has 0 saturated heterocycles. The van der Waals surface area contributed by atoms with E-state index in [1.165, 1.54) is 20.3 Å². The highest BCUT2D eigenvalue weighted by atomic mass is 16.5. The van der Waals surface area contributed by atoms with E-state index >= 15 is 0 Å². The molecule has 0 unspecified atom stereocenters. The Bertz CT molecular complexity index is 458. The normalized spacial score (nSPS) is 9.79. The van der Waals surface area contributed by atoms with Crippen LogP contribution in [0.25, 0.3) is 0 Å². The summed E-state index contributed by atoms with van der Waals surface area (Å²) in [5.74, 6) is -0.265. The molecule has 19 heavy (non-hydrogen) atoms. The second-order valence-corrected chi connectivity index (χ2v) is 3.77. The van der Waals surface area contributed by atoms with Gasteiger partial charge < -0.3 is 19.9 Å². The molecule has 6 heteroatoms. The van der Waals surface area contributed by atoms with Gasteiger partial charge in [-0.3, -0.25) is 4.79 Å². The summed E-state index contributed by atoms with van der Waals surface area (Å²) in [4.78, 5) is 22.2. The smallest absolute Gasteiger partial charge is 0.337 e. The lowest BCUT2D eigenvalue weighted by Gasteiger charge is -2.09. The SMILES string of the molecule is COC(=O)CCCOc1ccc(C(=O)OC)cc1N. The van der Waals surface area contributed by atoms with Crippen LogP contribution in [0.2, 0.25) is 0 Å². The van der Waals surface area contributed by atoms with Crippen LogP contribution < -0.4 is 10.5 Å². The number of methoxy groups -OCH3 is 2. The van der Waals surface area contributed by atoms with Gasteiger partial charge in [0.1, 0.15) is 5.75 Å². The van der Waals surface area contributed by atoms with Gasteiger partial charge in [0.05, 0.1) is 32.1 Å². The van der Waals surface area contributed by atoms with E-state index in [9.17, 15) is 9.59 Å². The van der Waals surface area contributed by atoms with Crippen LogP contribution in [0.1, 0.15) is 23.2 Å². The molecule has 0 atom stereocenters. The molecule has 0 aliphatic heterocycles. The number of rotatable bonds is 6. The van der Waals surface area contributed by atoms with Crippen molar-refractivity contribution in [3.8, 4) is 5.75 Å². The fraction of sp³-hybridized carbons (Fsp3) is 0.385. The summed E-state index contributed by atoms with van der Waals surface area (Å²) < 4.78 is 14.5. The highest BCUT2D eigenvalue weighted by Crippen LogP contribution is 2.23. The summed E-state index contributed by atoms with van der Waals surface area (Å²) in [5, 5.41) is 0. The summed E-state index contributed by atoms with van der Waals surface area (Å²) in [7, 11) is 2.64. The zero-order valence-electron chi connectivity index (χ0n) is 11.0. The number of anilines is 1. The summed E-state index contributed by atoms with van der Waals surface area (Å²) >= 11 is 0. The van der Waals surface area contributed by atoms with Crippen molar-refractivity contribution in [3.63, 3.8) is 0 Å². The van der Waals surface area contributed by atoms with E-state index in [4.69, 9.17) is 10.5 Å².